The van der Waals surface area contributed by atoms with Gasteiger partial charge in [-0.2, -0.15) is 5.26 Å². The molecule has 1 saturated carbocycles. The van der Waals surface area contributed by atoms with Gasteiger partial charge in [0.25, 0.3) is 0 Å². The molecule has 0 bridgehead atoms. The van der Waals surface area contributed by atoms with Crippen LogP contribution in [0.1, 0.15) is 60.8 Å². The van der Waals surface area contributed by atoms with E-state index >= 15 is 0 Å². The molecule has 5 heteroatoms. The molecule has 0 spiro atoms. The third-order valence-electron chi connectivity index (χ3n) is 4.53. The molecule has 2 aromatic rings. The second kappa shape index (κ2) is 8.55. The van der Waals surface area contributed by atoms with Gasteiger partial charge in [0.05, 0.1) is 4.90 Å². The standard InChI is InChI=1S/C22H18F3NS/c1-2-3-4-17-10-9-15(20(21(17)25)16-7-8-16)6-5-14-11-18(23)22(27-13-26)19(24)12-14/h9-12,16H,2-4,7-8H2,1H3. The lowest BCUT2D eigenvalue weighted by atomic mass is 9.96. The molecule has 1 aliphatic rings. The normalized spacial score (nSPS) is 13.0. The van der Waals surface area contributed by atoms with Crippen LogP contribution in [-0.4, -0.2) is 0 Å². The van der Waals surface area contributed by atoms with Crippen molar-refractivity contribution >= 4 is 11.8 Å². The van der Waals surface area contributed by atoms with Crippen molar-refractivity contribution in [2.45, 2.75) is 49.8 Å². The SMILES string of the molecule is CCCCc1ccc(C#Cc2cc(F)c(SC#N)c(F)c2)c(C2CC2)c1F. The van der Waals surface area contributed by atoms with E-state index in [0.29, 0.717) is 34.9 Å². The highest BCUT2D eigenvalue weighted by Gasteiger charge is 2.29. The highest BCUT2D eigenvalue weighted by Crippen LogP contribution is 2.43. The topological polar surface area (TPSA) is 23.8 Å². The number of hydrogen-bond donors (Lipinski definition) is 0. The van der Waals surface area contributed by atoms with Gasteiger partial charge in [0, 0.05) is 16.7 Å². The summed E-state index contributed by atoms with van der Waals surface area (Å²) in [7, 11) is 0. The molecule has 0 saturated heterocycles. The molecule has 1 aliphatic carbocycles. The highest BCUT2D eigenvalue weighted by molar-refractivity contribution is 8.03. The fourth-order valence-corrected chi connectivity index (χ4v) is 3.40. The van der Waals surface area contributed by atoms with E-state index in [9.17, 15) is 13.2 Å². The fourth-order valence-electron chi connectivity index (χ4n) is 2.99. The lowest BCUT2D eigenvalue weighted by Crippen LogP contribution is -2.00. The first-order valence-corrected chi connectivity index (χ1v) is 9.75. The van der Waals surface area contributed by atoms with Crippen molar-refractivity contribution in [3.63, 3.8) is 0 Å². The maximum Gasteiger partial charge on any atom is 0.142 e. The maximum absolute atomic E-state index is 14.9. The summed E-state index contributed by atoms with van der Waals surface area (Å²) < 4.78 is 42.8. The molecule has 0 aromatic heterocycles. The summed E-state index contributed by atoms with van der Waals surface area (Å²) in [6.07, 6.45) is 4.50. The summed E-state index contributed by atoms with van der Waals surface area (Å²) in [6.45, 7) is 2.07. The average Bonchev–Trinajstić information content (AvgIpc) is 3.47. The van der Waals surface area contributed by atoms with Crippen LogP contribution in [0.5, 0.6) is 0 Å². The molecular formula is C22H18F3NS. The van der Waals surface area contributed by atoms with Gasteiger partial charge in [-0.3, -0.25) is 0 Å². The minimum Gasteiger partial charge on any atom is -0.206 e. The molecule has 0 radical (unpaired) electrons. The predicted octanol–water partition coefficient (Wildman–Crippen LogP) is 6.30. The number of nitriles is 1. The summed E-state index contributed by atoms with van der Waals surface area (Å²) in [5.74, 6) is 3.97. The zero-order valence-electron chi connectivity index (χ0n) is 14.9. The Balaban J connectivity index is 1.95. The lowest BCUT2D eigenvalue weighted by molar-refractivity contribution is 0.540. The third-order valence-corrected chi connectivity index (χ3v) is 5.22. The average molecular weight is 385 g/mol. The van der Waals surface area contributed by atoms with Crippen LogP contribution in [-0.2, 0) is 6.42 Å². The van der Waals surface area contributed by atoms with Crippen LogP contribution in [0.25, 0.3) is 0 Å². The Kier molecular flexibility index (Phi) is 6.14. The van der Waals surface area contributed by atoms with Crippen LogP contribution >= 0.6 is 11.8 Å². The monoisotopic (exact) mass is 385 g/mol. The molecule has 0 heterocycles. The Morgan fingerprint density at radius 3 is 2.41 bits per heavy atom. The van der Waals surface area contributed by atoms with Crippen molar-refractivity contribution in [1.82, 2.24) is 0 Å². The van der Waals surface area contributed by atoms with Gasteiger partial charge in [-0.1, -0.05) is 31.3 Å². The van der Waals surface area contributed by atoms with Crippen LogP contribution in [0, 0.1) is 40.0 Å². The second-order valence-corrected chi connectivity index (χ2v) is 7.39. The molecule has 0 amide bonds. The van der Waals surface area contributed by atoms with E-state index in [2.05, 4.69) is 18.8 Å². The van der Waals surface area contributed by atoms with Gasteiger partial charge in [0.1, 0.15) is 22.9 Å². The van der Waals surface area contributed by atoms with Gasteiger partial charge in [-0.15, -0.1) is 0 Å². The number of benzene rings is 2. The van der Waals surface area contributed by atoms with Crippen LogP contribution in [0.3, 0.4) is 0 Å². The quantitative estimate of drug-likeness (QED) is 0.343. The molecule has 0 atom stereocenters. The number of halogens is 3. The van der Waals surface area contributed by atoms with Gasteiger partial charge in [0.2, 0.25) is 0 Å². The first-order chi connectivity index (χ1) is 13.0. The van der Waals surface area contributed by atoms with Crippen LogP contribution in [0.4, 0.5) is 13.2 Å². The van der Waals surface area contributed by atoms with E-state index in [1.54, 1.807) is 17.5 Å². The molecule has 1 nitrogen and oxygen atoms in total. The second-order valence-electron chi connectivity index (χ2n) is 6.59. The van der Waals surface area contributed by atoms with Crippen molar-refractivity contribution in [2.75, 3.05) is 0 Å². The number of nitrogens with zero attached hydrogens (tertiary/aromatic N) is 1. The smallest absolute Gasteiger partial charge is 0.142 e. The number of thioether (sulfide) groups is 1. The minimum absolute atomic E-state index is 0.157. The van der Waals surface area contributed by atoms with Crippen LogP contribution in [0.2, 0.25) is 0 Å². The van der Waals surface area contributed by atoms with Crippen molar-refractivity contribution < 1.29 is 13.2 Å². The van der Waals surface area contributed by atoms with Gasteiger partial charge >= 0.3 is 0 Å². The van der Waals surface area contributed by atoms with Gasteiger partial charge in [-0.05, 0) is 67.1 Å². The number of rotatable bonds is 5. The molecule has 0 unspecified atom stereocenters. The summed E-state index contributed by atoms with van der Waals surface area (Å²) in [6, 6.07) is 5.76. The number of hydrogen-bond acceptors (Lipinski definition) is 2. The first kappa shape index (κ1) is 19.4. The molecule has 0 N–H and O–H groups in total. The minimum atomic E-state index is -0.825. The molecule has 3 rings (SSSR count). The van der Waals surface area contributed by atoms with Gasteiger partial charge < -0.3 is 0 Å². The zero-order chi connectivity index (χ0) is 19.4. The van der Waals surface area contributed by atoms with Crippen LogP contribution in [0.15, 0.2) is 29.2 Å². The van der Waals surface area contributed by atoms with Crippen LogP contribution < -0.4 is 0 Å². The number of aryl methyl sites for hydroxylation is 1. The van der Waals surface area contributed by atoms with E-state index in [4.69, 9.17) is 5.26 Å². The van der Waals surface area contributed by atoms with E-state index < -0.39 is 11.6 Å². The largest absolute Gasteiger partial charge is 0.206 e. The third kappa shape index (κ3) is 4.49. The Morgan fingerprint density at radius 2 is 1.81 bits per heavy atom. The summed E-state index contributed by atoms with van der Waals surface area (Å²) in [5.41, 5.74) is 2.07. The molecule has 138 valence electrons. The Labute approximate surface area is 161 Å². The zero-order valence-corrected chi connectivity index (χ0v) is 15.7. The van der Waals surface area contributed by atoms with Crippen molar-refractivity contribution in [3.8, 4) is 17.2 Å². The maximum atomic E-state index is 14.9. The van der Waals surface area contributed by atoms with Crippen molar-refractivity contribution in [2.24, 2.45) is 0 Å². The fraction of sp³-hybridized carbons (Fsp3) is 0.318. The van der Waals surface area contributed by atoms with E-state index in [-0.39, 0.29) is 22.2 Å². The van der Waals surface area contributed by atoms with Gasteiger partial charge in [0.15, 0.2) is 0 Å². The summed E-state index contributed by atoms with van der Waals surface area (Å²) >= 11 is 0.434. The summed E-state index contributed by atoms with van der Waals surface area (Å²) in [4.78, 5) is -0.340. The van der Waals surface area contributed by atoms with Crippen molar-refractivity contribution in [1.29, 1.82) is 5.26 Å². The summed E-state index contributed by atoms with van der Waals surface area (Å²) in [5, 5.41) is 10.3. The van der Waals surface area contributed by atoms with E-state index in [0.717, 1.165) is 37.8 Å². The molecule has 1 fully saturated rings. The molecular weight excluding hydrogens is 367 g/mol. The van der Waals surface area contributed by atoms with Gasteiger partial charge in [-0.25, -0.2) is 13.2 Å². The Bertz CT molecular complexity index is 939. The predicted molar refractivity (Wildman–Crippen MR) is 101 cm³/mol. The lowest BCUT2D eigenvalue weighted by Gasteiger charge is -2.10. The van der Waals surface area contributed by atoms with E-state index in [1.165, 1.54) is 0 Å². The number of thiocyanates is 1. The first-order valence-electron chi connectivity index (χ1n) is 8.93. The molecule has 2 aromatic carbocycles. The van der Waals surface area contributed by atoms with E-state index in [1.807, 2.05) is 0 Å². The Hall–Kier alpha value is -2.37. The Morgan fingerprint density at radius 1 is 1.11 bits per heavy atom. The molecule has 0 aliphatic heterocycles. The highest BCUT2D eigenvalue weighted by atomic mass is 32.2. The molecule has 27 heavy (non-hydrogen) atoms. The van der Waals surface area contributed by atoms with Crippen molar-refractivity contribution in [3.05, 3.63) is 64.0 Å². The number of unbranched alkanes of at least 4 members (excludes halogenated alkanes) is 1.